The molecule has 3 heterocycles. The van der Waals surface area contributed by atoms with Crippen LogP contribution in [0.4, 0.5) is 0 Å². The predicted octanol–water partition coefficient (Wildman–Crippen LogP) is 4.30. The summed E-state index contributed by atoms with van der Waals surface area (Å²) in [6.45, 7) is 11.6. The van der Waals surface area contributed by atoms with Gasteiger partial charge in [0.2, 0.25) is 0 Å². The van der Waals surface area contributed by atoms with E-state index in [1.54, 1.807) is 41.4 Å². The molecule has 1 N–H and O–H groups in total. The molecule has 9 heteroatoms. The first kappa shape index (κ1) is 24.5. The molecule has 184 valence electrons. The summed E-state index contributed by atoms with van der Waals surface area (Å²) in [7, 11) is -0.908. The second-order valence-electron chi connectivity index (χ2n) is 10.9. The molecule has 0 bridgehead atoms. The van der Waals surface area contributed by atoms with Gasteiger partial charge in [-0.25, -0.2) is 5.01 Å². The fourth-order valence-electron chi connectivity index (χ4n) is 5.26. The molecule has 2 aromatic carbocycles. The molecule has 2 aromatic rings. The van der Waals surface area contributed by atoms with Crippen LogP contribution in [0.5, 0.6) is 0 Å². The lowest BCUT2D eigenvalue weighted by Crippen LogP contribution is -2.55. The van der Waals surface area contributed by atoms with Gasteiger partial charge in [-0.05, 0) is 63.4 Å². The zero-order valence-electron chi connectivity index (χ0n) is 20.8. The van der Waals surface area contributed by atoms with E-state index in [-0.39, 0.29) is 5.92 Å². The van der Waals surface area contributed by atoms with Gasteiger partial charge in [-0.1, -0.05) is 49.7 Å². The van der Waals surface area contributed by atoms with Gasteiger partial charge < -0.3 is 14.4 Å². The van der Waals surface area contributed by atoms with Crippen molar-refractivity contribution in [3.8, 4) is 0 Å². The van der Waals surface area contributed by atoms with Crippen molar-refractivity contribution in [2.45, 2.75) is 70.3 Å². The fraction of sp³-hybridized carbons (Fsp3) is 0.462. The SMILES string of the molecule is CC(C)[C@@H](O)[C@@]1(B2OC(C)(C)C(C)(C)O2)[C@H](c2ccc(Cl)cc2)N1N1C(=O)c2ccccc2C1=O. The molecule has 1 unspecified atom stereocenters. The van der Waals surface area contributed by atoms with Crippen LogP contribution in [0, 0.1) is 5.92 Å². The van der Waals surface area contributed by atoms with Crippen LogP contribution in [0.15, 0.2) is 48.5 Å². The van der Waals surface area contributed by atoms with Crippen LogP contribution in [0.25, 0.3) is 0 Å². The lowest BCUT2D eigenvalue weighted by atomic mass is 9.62. The first-order valence-corrected chi connectivity index (χ1v) is 12.3. The molecule has 3 aliphatic heterocycles. The Kier molecular flexibility index (Phi) is 5.51. The molecule has 0 radical (unpaired) electrons. The quantitative estimate of drug-likeness (QED) is 0.378. The molecule has 2 fully saturated rings. The van der Waals surface area contributed by atoms with E-state index in [1.807, 2.05) is 53.7 Å². The van der Waals surface area contributed by atoms with Crippen LogP contribution in [0.2, 0.25) is 5.02 Å². The van der Waals surface area contributed by atoms with Crippen molar-refractivity contribution < 1.29 is 24.0 Å². The molecule has 7 nitrogen and oxygen atoms in total. The summed E-state index contributed by atoms with van der Waals surface area (Å²) < 4.78 is 13.0. The van der Waals surface area contributed by atoms with Crippen LogP contribution in [0.3, 0.4) is 0 Å². The molecular formula is C26H30BClN2O5. The Labute approximate surface area is 211 Å². The number of hydrazine groups is 1. The monoisotopic (exact) mass is 496 g/mol. The Balaban J connectivity index is 1.68. The summed E-state index contributed by atoms with van der Waals surface area (Å²) in [6, 6.07) is 13.4. The molecule has 5 rings (SSSR count). The Morgan fingerprint density at radius 1 is 0.914 bits per heavy atom. The van der Waals surface area contributed by atoms with Crippen molar-refractivity contribution in [2.24, 2.45) is 5.92 Å². The molecule has 35 heavy (non-hydrogen) atoms. The second kappa shape index (κ2) is 7.89. The predicted molar refractivity (Wildman–Crippen MR) is 133 cm³/mol. The van der Waals surface area contributed by atoms with Gasteiger partial charge in [0, 0.05) is 5.02 Å². The number of carbonyl (C=O) groups excluding carboxylic acids is 2. The number of aliphatic hydroxyl groups excluding tert-OH is 1. The van der Waals surface area contributed by atoms with Gasteiger partial charge >= 0.3 is 7.12 Å². The number of aliphatic hydroxyl groups is 1. The van der Waals surface area contributed by atoms with Gasteiger partial charge in [0.15, 0.2) is 0 Å². The summed E-state index contributed by atoms with van der Waals surface area (Å²) in [4.78, 5) is 27.1. The first-order chi connectivity index (χ1) is 16.3. The number of halogens is 1. The molecule has 2 amide bonds. The Morgan fingerprint density at radius 3 is 1.86 bits per heavy atom. The Morgan fingerprint density at radius 2 is 1.40 bits per heavy atom. The fourth-order valence-corrected chi connectivity index (χ4v) is 5.39. The van der Waals surface area contributed by atoms with Gasteiger partial charge in [0.1, 0.15) is 5.44 Å². The maximum Gasteiger partial charge on any atom is 0.486 e. The van der Waals surface area contributed by atoms with E-state index < -0.39 is 47.7 Å². The molecule has 4 atom stereocenters. The minimum absolute atomic E-state index is 0.219. The number of nitrogens with zero attached hydrogens (tertiary/aromatic N) is 2. The maximum atomic E-state index is 13.5. The van der Waals surface area contributed by atoms with Crippen molar-refractivity contribution in [1.29, 1.82) is 0 Å². The lowest BCUT2D eigenvalue weighted by Gasteiger charge is -2.32. The van der Waals surface area contributed by atoms with Crippen molar-refractivity contribution >= 4 is 30.5 Å². The minimum Gasteiger partial charge on any atom is -0.402 e. The van der Waals surface area contributed by atoms with Gasteiger partial charge in [-0.15, -0.1) is 0 Å². The highest BCUT2D eigenvalue weighted by atomic mass is 35.5. The smallest absolute Gasteiger partial charge is 0.402 e. The van der Waals surface area contributed by atoms with E-state index in [0.29, 0.717) is 16.1 Å². The van der Waals surface area contributed by atoms with Crippen molar-refractivity contribution in [2.75, 3.05) is 0 Å². The van der Waals surface area contributed by atoms with E-state index in [2.05, 4.69) is 0 Å². The van der Waals surface area contributed by atoms with E-state index >= 15 is 0 Å². The third-order valence-electron chi connectivity index (χ3n) is 7.92. The van der Waals surface area contributed by atoms with E-state index in [0.717, 1.165) is 10.6 Å². The highest BCUT2D eigenvalue weighted by Crippen LogP contribution is 2.62. The molecule has 3 aliphatic rings. The van der Waals surface area contributed by atoms with Gasteiger partial charge in [-0.2, -0.15) is 5.01 Å². The summed E-state index contributed by atoms with van der Waals surface area (Å²) in [5, 5.41) is 15.1. The topological polar surface area (TPSA) is 79.1 Å². The van der Waals surface area contributed by atoms with Crippen LogP contribution >= 0.6 is 11.6 Å². The number of rotatable bonds is 5. The second-order valence-corrected chi connectivity index (χ2v) is 11.4. The number of hydrogen-bond donors (Lipinski definition) is 1. The average molecular weight is 497 g/mol. The third kappa shape index (κ3) is 3.34. The van der Waals surface area contributed by atoms with Crippen molar-refractivity contribution in [3.05, 3.63) is 70.2 Å². The van der Waals surface area contributed by atoms with E-state index in [9.17, 15) is 14.7 Å². The molecule has 0 aromatic heterocycles. The summed E-state index contributed by atoms with van der Waals surface area (Å²) >= 11 is 6.16. The van der Waals surface area contributed by atoms with Crippen molar-refractivity contribution in [1.82, 2.24) is 10.0 Å². The maximum absolute atomic E-state index is 13.5. The summed E-state index contributed by atoms with van der Waals surface area (Å²) in [5.74, 6) is -1.08. The molecule has 0 spiro atoms. The third-order valence-corrected chi connectivity index (χ3v) is 8.17. The number of carbonyl (C=O) groups is 2. The zero-order chi connectivity index (χ0) is 25.5. The van der Waals surface area contributed by atoms with Crippen LogP contribution in [0.1, 0.15) is 73.9 Å². The largest absolute Gasteiger partial charge is 0.486 e. The Bertz CT molecular complexity index is 1150. The number of amides is 2. The number of imide groups is 1. The normalized spacial score (nSPS) is 29.6. The van der Waals surface area contributed by atoms with Crippen LogP contribution < -0.4 is 0 Å². The van der Waals surface area contributed by atoms with E-state index in [1.165, 1.54) is 0 Å². The minimum atomic E-state index is -1.22. The van der Waals surface area contributed by atoms with Gasteiger partial charge in [0.25, 0.3) is 11.8 Å². The summed E-state index contributed by atoms with van der Waals surface area (Å²) in [5.41, 5.74) is -1.12. The van der Waals surface area contributed by atoms with Crippen molar-refractivity contribution in [3.63, 3.8) is 0 Å². The zero-order valence-corrected chi connectivity index (χ0v) is 21.5. The van der Waals surface area contributed by atoms with Crippen LogP contribution in [-0.2, 0) is 9.31 Å². The molecule has 0 saturated carbocycles. The highest BCUT2D eigenvalue weighted by Gasteiger charge is 2.81. The molecule has 2 saturated heterocycles. The lowest BCUT2D eigenvalue weighted by molar-refractivity contribution is 0.00578. The van der Waals surface area contributed by atoms with E-state index in [4.69, 9.17) is 20.9 Å². The molecule has 0 aliphatic carbocycles. The number of fused-ring (bicyclic) bond motifs is 1. The summed E-state index contributed by atoms with van der Waals surface area (Å²) in [6.07, 6.45) is -0.984. The Hall–Kier alpha value is -2.23. The number of benzene rings is 2. The average Bonchev–Trinajstić information content (AvgIpc) is 3.32. The number of hydrogen-bond acceptors (Lipinski definition) is 6. The first-order valence-electron chi connectivity index (χ1n) is 11.9. The molecular weight excluding hydrogens is 467 g/mol. The van der Waals surface area contributed by atoms with Gasteiger partial charge in [0.05, 0.1) is 34.5 Å². The standard InChI is InChI=1S/C26H30BClN2O5/c1-15(2)21(31)26(27-34-24(3,4)25(5,6)35-27)20(16-11-13-17(28)14-12-16)30(26)29-22(32)18-9-7-8-10-19(18)23(29)33/h7-15,20-21,31H,1-6H3/t20-,21+,26+,30?/m0/s1. The van der Waals surface area contributed by atoms with Gasteiger partial charge in [-0.3, -0.25) is 9.59 Å². The highest BCUT2D eigenvalue weighted by molar-refractivity contribution is 6.52. The van der Waals surface area contributed by atoms with Crippen LogP contribution in [-0.4, -0.2) is 56.8 Å².